The number of phenols is 6. The van der Waals surface area contributed by atoms with Gasteiger partial charge in [-0.05, 0) is 71.3 Å². The van der Waals surface area contributed by atoms with Crippen molar-refractivity contribution in [3.8, 4) is 34.5 Å². The molecule has 0 amide bonds. The predicted molar refractivity (Wildman–Crippen MR) is 167 cm³/mol. The van der Waals surface area contributed by atoms with E-state index in [1.807, 2.05) is 0 Å². The van der Waals surface area contributed by atoms with E-state index in [0.29, 0.717) is 18.2 Å². The minimum atomic E-state index is -4.38. The number of aliphatic hydroxyl groups is 3. The smallest absolute Gasteiger partial charge is 0.360 e. The Kier molecular flexibility index (Phi) is 11.4. The molecule has 0 aliphatic carbocycles. The molecule has 0 bridgehead atoms. The summed E-state index contributed by atoms with van der Waals surface area (Å²) in [5.74, 6) is -14.7. The number of benzene rings is 3. The van der Waals surface area contributed by atoms with E-state index in [0.717, 1.165) is 72.8 Å². The third-order valence-corrected chi connectivity index (χ3v) is 7.06. The minimum Gasteiger partial charge on any atom is -0.504 e. The Morgan fingerprint density at radius 3 is 1.32 bits per heavy atom. The SMILES string of the molecule is O=C(C=Cc1ccc(O)c(O)c1)O[C@@](C(=O)O)(C(=O)C=Cc1ccc(O)c(O)c1)[C@@](O)(C(=O)C=Cc1ccc(O)c(O)c1)[C@H](O)[C@H](O)C(=O)O. The van der Waals surface area contributed by atoms with E-state index < -0.39 is 87.4 Å². The lowest BCUT2D eigenvalue weighted by atomic mass is 9.70. The second-order valence-corrected chi connectivity index (χ2v) is 10.4. The number of aliphatic carboxylic acids is 2. The molecule has 17 nitrogen and oxygen atoms in total. The first kappa shape index (κ1) is 37.8. The molecule has 0 saturated carbocycles. The van der Waals surface area contributed by atoms with Crippen LogP contribution in [0.4, 0.5) is 0 Å². The maximum atomic E-state index is 13.8. The van der Waals surface area contributed by atoms with Gasteiger partial charge in [0.2, 0.25) is 11.4 Å². The highest BCUT2D eigenvalue weighted by Crippen LogP contribution is 2.37. The Labute approximate surface area is 280 Å². The predicted octanol–water partition coefficient (Wildman–Crippen LogP) is 0.402. The summed E-state index contributed by atoms with van der Waals surface area (Å²) in [7, 11) is 0. The third kappa shape index (κ3) is 7.71. The van der Waals surface area contributed by atoms with E-state index in [-0.39, 0.29) is 16.7 Å². The van der Waals surface area contributed by atoms with Gasteiger partial charge < -0.3 is 60.9 Å². The molecular weight excluding hydrogens is 668 g/mol. The molecule has 0 aliphatic rings. The van der Waals surface area contributed by atoms with E-state index in [9.17, 15) is 80.1 Å². The highest BCUT2D eigenvalue weighted by Gasteiger charge is 2.72. The molecule has 3 aromatic carbocycles. The van der Waals surface area contributed by atoms with Crippen LogP contribution in [-0.2, 0) is 28.7 Å². The van der Waals surface area contributed by atoms with Gasteiger partial charge >= 0.3 is 23.5 Å². The topological polar surface area (TPSA) is 317 Å². The second kappa shape index (κ2) is 15.0. The molecule has 0 saturated heterocycles. The fourth-order valence-electron chi connectivity index (χ4n) is 4.39. The van der Waals surface area contributed by atoms with Crippen LogP contribution in [0.15, 0.2) is 72.8 Å². The molecule has 50 heavy (non-hydrogen) atoms. The first-order valence-electron chi connectivity index (χ1n) is 13.8. The molecule has 0 aliphatic heterocycles. The number of hydrogen-bond acceptors (Lipinski definition) is 15. The summed E-state index contributed by atoms with van der Waals surface area (Å²) < 4.78 is 4.92. The molecular formula is C33H28O17. The number of aromatic hydroxyl groups is 6. The fraction of sp³-hybridized carbons (Fsp3) is 0.121. The van der Waals surface area contributed by atoms with Gasteiger partial charge in [-0.25, -0.2) is 14.4 Å². The van der Waals surface area contributed by atoms with Crippen molar-refractivity contribution in [3.05, 3.63) is 89.5 Å². The number of carbonyl (C=O) groups is 5. The first-order chi connectivity index (χ1) is 23.3. The summed E-state index contributed by atoms with van der Waals surface area (Å²) in [4.78, 5) is 65.4. The zero-order chi connectivity index (χ0) is 37.6. The molecule has 0 spiro atoms. The summed E-state index contributed by atoms with van der Waals surface area (Å²) in [6.45, 7) is 0. The number of ether oxygens (including phenoxy) is 1. The van der Waals surface area contributed by atoms with Gasteiger partial charge in [0, 0.05) is 6.08 Å². The summed E-state index contributed by atoms with van der Waals surface area (Å²) in [5.41, 5.74) is -8.98. The van der Waals surface area contributed by atoms with Crippen molar-refractivity contribution < 1.29 is 84.9 Å². The van der Waals surface area contributed by atoms with Gasteiger partial charge in [0.15, 0.2) is 46.4 Å². The number of carboxylic acid groups (broad SMARTS) is 2. The molecule has 0 heterocycles. The number of carboxylic acids is 2. The Morgan fingerprint density at radius 2 is 0.960 bits per heavy atom. The van der Waals surface area contributed by atoms with E-state index >= 15 is 0 Å². The number of hydrogen-bond donors (Lipinski definition) is 11. The molecule has 11 N–H and O–H groups in total. The lowest BCUT2D eigenvalue weighted by Crippen LogP contribution is -2.75. The summed E-state index contributed by atoms with van der Waals surface area (Å²) in [6.07, 6.45) is -3.28. The van der Waals surface area contributed by atoms with Gasteiger partial charge in [-0.3, -0.25) is 9.59 Å². The quantitative estimate of drug-likeness (QED) is 0.0470. The van der Waals surface area contributed by atoms with E-state index in [1.54, 1.807) is 0 Å². The standard InChI is InChI=1S/C33H28O17/c34-19-7-1-16(13-22(19)37)4-10-25(40)32(49,29(44)28(43)30(45)46)33(31(47)48,26(41)11-5-17-2-8-20(35)23(38)14-17)50-27(42)12-6-18-3-9-21(36)24(39)15-18/h1-15,28-29,34-39,43-44,49H,(H,45,46)(H,47,48)/t28-,29+,32+,33+/m0/s1. The number of phenolic OH excluding ortho intramolecular Hbond substituents is 6. The average Bonchev–Trinajstić information content (AvgIpc) is 3.07. The van der Waals surface area contributed by atoms with Crippen LogP contribution in [0.5, 0.6) is 34.5 Å². The van der Waals surface area contributed by atoms with Crippen molar-refractivity contribution in [2.24, 2.45) is 0 Å². The van der Waals surface area contributed by atoms with Gasteiger partial charge in [0.25, 0.3) is 0 Å². The lowest BCUT2D eigenvalue weighted by molar-refractivity contribution is -0.230. The summed E-state index contributed by atoms with van der Waals surface area (Å²) >= 11 is 0. The van der Waals surface area contributed by atoms with E-state index in [4.69, 9.17) is 4.74 Å². The maximum absolute atomic E-state index is 13.8. The van der Waals surface area contributed by atoms with Crippen LogP contribution in [-0.4, -0.2) is 109 Å². The Hall–Kier alpha value is -6.69. The number of rotatable bonds is 14. The van der Waals surface area contributed by atoms with Crippen LogP contribution < -0.4 is 0 Å². The molecule has 0 aromatic heterocycles. The van der Waals surface area contributed by atoms with E-state index in [2.05, 4.69) is 0 Å². The van der Waals surface area contributed by atoms with Crippen LogP contribution in [0.25, 0.3) is 18.2 Å². The molecule has 3 aromatic rings. The van der Waals surface area contributed by atoms with Crippen LogP contribution in [0.2, 0.25) is 0 Å². The van der Waals surface area contributed by atoms with Crippen molar-refractivity contribution in [2.45, 2.75) is 23.4 Å². The molecule has 3 rings (SSSR count). The average molecular weight is 697 g/mol. The zero-order valence-electron chi connectivity index (χ0n) is 25.2. The van der Waals surface area contributed by atoms with Crippen molar-refractivity contribution in [2.75, 3.05) is 0 Å². The Bertz CT molecular complexity index is 1930. The van der Waals surface area contributed by atoms with E-state index in [1.165, 1.54) is 0 Å². The number of aliphatic hydroxyl groups excluding tert-OH is 2. The summed E-state index contributed by atoms with van der Waals surface area (Å²) in [6, 6.07) is 8.93. The van der Waals surface area contributed by atoms with Gasteiger partial charge in [0.1, 0.15) is 6.10 Å². The second-order valence-electron chi connectivity index (χ2n) is 10.4. The third-order valence-electron chi connectivity index (χ3n) is 7.06. The van der Waals surface area contributed by atoms with Crippen LogP contribution in [0, 0.1) is 0 Å². The lowest BCUT2D eigenvalue weighted by Gasteiger charge is -2.42. The molecule has 17 heteroatoms. The van der Waals surface area contributed by atoms with Crippen LogP contribution in [0.3, 0.4) is 0 Å². The highest BCUT2D eigenvalue weighted by atomic mass is 16.6. The van der Waals surface area contributed by atoms with Gasteiger partial charge in [0.05, 0.1) is 0 Å². The monoisotopic (exact) mass is 696 g/mol. The Balaban J connectivity index is 2.29. The normalized spacial score (nSPS) is 15.3. The zero-order valence-corrected chi connectivity index (χ0v) is 25.2. The van der Waals surface area contributed by atoms with Crippen molar-refractivity contribution in [3.63, 3.8) is 0 Å². The minimum absolute atomic E-state index is 0.0238. The van der Waals surface area contributed by atoms with Gasteiger partial charge in [-0.1, -0.05) is 30.4 Å². The highest BCUT2D eigenvalue weighted by molar-refractivity contribution is 6.21. The number of esters is 1. The summed E-state index contributed by atoms with van der Waals surface area (Å²) in [5, 5.41) is 111. The Morgan fingerprint density at radius 1 is 0.580 bits per heavy atom. The molecule has 0 fully saturated rings. The number of ketones is 2. The molecule has 0 radical (unpaired) electrons. The number of carbonyl (C=O) groups excluding carboxylic acids is 3. The first-order valence-corrected chi connectivity index (χ1v) is 13.8. The van der Waals surface area contributed by atoms with Crippen LogP contribution >= 0.6 is 0 Å². The molecule has 262 valence electrons. The van der Waals surface area contributed by atoms with Crippen molar-refractivity contribution in [1.82, 2.24) is 0 Å². The van der Waals surface area contributed by atoms with Crippen LogP contribution in [0.1, 0.15) is 16.7 Å². The molecule has 4 atom stereocenters. The van der Waals surface area contributed by atoms with Crippen molar-refractivity contribution in [1.29, 1.82) is 0 Å². The largest absolute Gasteiger partial charge is 0.504 e. The van der Waals surface area contributed by atoms with Gasteiger partial charge in [-0.15, -0.1) is 0 Å². The fourth-order valence-corrected chi connectivity index (χ4v) is 4.39. The maximum Gasteiger partial charge on any atom is 0.360 e. The molecule has 0 unspecified atom stereocenters. The van der Waals surface area contributed by atoms with Gasteiger partial charge in [-0.2, -0.15) is 0 Å². The van der Waals surface area contributed by atoms with Crippen molar-refractivity contribution >= 4 is 47.7 Å².